The van der Waals surface area contributed by atoms with Crippen LogP contribution < -0.4 is 9.47 Å². The van der Waals surface area contributed by atoms with E-state index in [2.05, 4.69) is 4.98 Å². The van der Waals surface area contributed by atoms with Crippen LogP contribution in [0.5, 0.6) is 11.5 Å². The van der Waals surface area contributed by atoms with Crippen LogP contribution in [0.4, 0.5) is 0 Å². The first-order chi connectivity index (χ1) is 16.9. The van der Waals surface area contributed by atoms with Crippen LogP contribution in [0.25, 0.3) is 10.8 Å². The number of hydrogen-bond acceptors (Lipinski definition) is 7. The molecule has 0 aliphatic heterocycles. The maximum absolute atomic E-state index is 12.5. The van der Waals surface area contributed by atoms with Crippen LogP contribution in [-0.4, -0.2) is 42.5 Å². The highest BCUT2D eigenvalue weighted by Crippen LogP contribution is 2.22. The Morgan fingerprint density at radius 2 is 1.69 bits per heavy atom. The zero-order valence-corrected chi connectivity index (χ0v) is 20.6. The van der Waals surface area contributed by atoms with Gasteiger partial charge < -0.3 is 19.1 Å². The van der Waals surface area contributed by atoms with E-state index in [1.807, 2.05) is 48.7 Å². The van der Waals surface area contributed by atoms with Gasteiger partial charge in [0.2, 0.25) is 0 Å². The van der Waals surface area contributed by atoms with Gasteiger partial charge in [-0.1, -0.05) is 18.2 Å². The van der Waals surface area contributed by atoms with Gasteiger partial charge in [0.1, 0.15) is 18.1 Å². The molecule has 0 unspecified atom stereocenters. The van der Waals surface area contributed by atoms with Crippen molar-refractivity contribution in [2.24, 2.45) is 0 Å². The number of amides is 1. The Morgan fingerprint density at radius 1 is 0.971 bits per heavy atom. The minimum atomic E-state index is -0.562. The zero-order valence-electron chi connectivity index (χ0n) is 19.8. The van der Waals surface area contributed by atoms with E-state index < -0.39 is 5.97 Å². The number of benzene rings is 3. The molecule has 7 nitrogen and oxygen atoms in total. The summed E-state index contributed by atoms with van der Waals surface area (Å²) in [5.74, 6) is 0.573. The monoisotopic (exact) mass is 490 g/mol. The van der Waals surface area contributed by atoms with Gasteiger partial charge in [0.25, 0.3) is 5.91 Å². The molecule has 0 saturated heterocycles. The summed E-state index contributed by atoms with van der Waals surface area (Å²) in [5.41, 5.74) is 2.19. The molecule has 0 bridgehead atoms. The third kappa shape index (κ3) is 6.36. The van der Waals surface area contributed by atoms with Gasteiger partial charge >= 0.3 is 5.97 Å². The fourth-order valence-corrected chi connectivity index (χ4v) is 4.10. The molecule has 0 atom stereocenters. The molecule has 0 radical (unpaired) electrons. The molecule has 0 aliphatic carbocycles. The van der Waals surface area contributed by atoms with Crippen molar-refractivity contribution in [3.05, 3.63) is 87.9 Å². The van der Waals surface area contributed by atoms with Crippen molar-refractivity contribution in [1.29, 1.82) is 0 Å². The molecule has 4 aromatic rings. The number of aromatic nitrogens is 1. The highest BCUT2D eigenvalue weighted by molar-refractivity contribution is 7.09. The van der Waals surface area contributed by atoms with Crippen molar-refractivity contribution in [3.63, 3.8) is 0 Å². The molecule has 8 heteroatoms. The number of methoxy groups -OCH3 is 1. The Balaban J connectivity index is 1.26. The first-order valence-electron chi connectivity index (χ1n) is 11.0. The third-order valence-electron chi connectivity index (χ3n) is 5.43. The maximum atomic E-state index is 12.5. The number of aryl methyl sites for hydroxylation is 1. The van der Waals surface area contributed by atoms with Crippen LogP contribution in [0.3, 0.4) is 0 Å². The standard InChI is InChI=1S/C27H26N2O5S/c1-18-28-23(17-35-18)15-33-24-9-6-20(7-10-24)27(31)34-16-26(30)29(2)14-19-4-5-22-13-25(32-3)11-8-21(22)12-19/h4-13,17H,14-16H2,1-3H3. The second-order valence-corrected chi connectivity index (χ2v) is 9.11. The first kappa shape index (κ1) is 24.2. The van der Waals surface area contributed by atoms with Gasteiger partial charge in [0.05, 0.1) is 23.4 Å². The van der Waals surface area contributed by atoms with Gasteiger partial charge in [-0.05, 0) is 65.7 Å². The van der Waals surface area contributed by atoms with E-state index in [0.29, 0.717) is 24.5 Å². The molecule has 1 heterocycles. The van der Waals surface area contributed by atoms with Gasteiger partial charge in [-0.25, -0.2) is 9.78 Å². The molecular formula is C27H26N2O5S. The summed E-state index contributed by atoms with van der Waals surface area (Å²) in [7, 11) is 3.32. The van der Waals surface area contributed by atoms with E-state index >= 15 is 0 Å². The number of carbonyl (C=O) groups is 2. The van der Waals surface area contributed by atoms with Gasteiger partial charge in [0.15, 0.2) is 6.61 Å². The van der Waals surface area contributed by atoms with Gasteiger partial charge in [-0.15, -0.1) is 11.3 Å². The topological polar surface area (TPSA) is 78.0 Å². The number of fused-ring (bicyclic) bond motifs is 1. The Bertz CT molecular complexity index is 1330. The summed E-state index contributed by atoms with van der Waals surface area (Å²) in [4.78, 5) is 30.8. The van der Waals surface area contributed by atoms with Gasteiger partial charge in [-0.3, -0.25) is 4.79 Å². The number of nitrogens with zero attached hydrogens (tertiary/aromatic N) is 2. The Hall–Kier alpha value is -3.91. The second kappa shape index (κ2) is 11.0. The average molecular weight is 491 g/mol. The fourth-order valence-electron chi connectivity index (χ4n) is 3.50. The number of esters is 1. The summed E-state index contributed by atoms with van der Waals surface area (Å²) in [6.07, 6.45) is 0. The predicted molar refractivity (Wildman–Crippen MR) is 135 cm³/mol. The van der Waals surface area contributed by atoms with E-state index in [1.54, 1.807) is 49.8 Å². The smallest absolute Gasteiger partial charge is 0.338 e. The summed E-state index contributed by atoms with van der Waals surface area (Å²) >= 11 is 1.57. The second-order valence-electron chi connectivity index (χ2n) is 8.04. The van der Waals surface area contributed by atoms with Crippen LogP contribution in [-0.2, 0) is 22.7 Å². The largest absolute Gasteiger partial charge is 0.497 e. The van der Waals surface area contributed by atoms with Crippen LogP contribution in [0, 0.1) is 6.92 Å². The third-order valence-corrected chi connectivity index (χ3v) is 6.25. The molecule has 0 aliphatic rings. The normalized spacial score (nSPS) is 10.7. The summed E-state index contributed by atoms with van der Waals surface area (Å²) in [5, 5.41) is 5.06. The molecule has 0 fully saturated rings. The summed E-state index contributed by atoms with van der Waals surface area (Å²) in [6.45, 7) is 2.38. The van der Waals surface area contributed by atoms with Crippen molar-refractivity contribution in [1.82, 2.24) is 9.88 Å². The summed E-state index contributed by atoms with van der Waals surface area (Å²) < 4.78 is 16.2. The van der Waals surface area contributed by atoms with E-state index in [-0.39, 0.29) is 12.5 Å². The molecule has 3 aromatic carbocycles. The van der Waals surface area contributed by atoms with E-state index in [9.17, 15) is 9.59 Å². The number of likely N-dealkylation sites (N-methyl/N-ethyl adjacent to an activating group) is 1. The molecule has 180 valence electrons. The zero-order chi connectivity index (χ0) is 24.8. The number of ether oxygens (including phenoxy) is 3. The highest BCUT2D eigenvalue weighted by atomic mass is 32.1. The lowest BCUT2D eigenvalue weighted by atomic mass is 10.1. The lowest BCUT2D eigenvalue weighted by Gasteiger charge is -2.17. The molecule has 1 aromatic heterocycles. The Morgan fingerprint density at radius 3 is 2.40 bits per heavy atom. The minimum Gasteiger partial charge on any atom is -0.497 e. The lowest BCUT2D eigenvalue weighted by Crippen LogP contribution is -2.30. The molecular weight excluding hydrogens is 464 g/mol. The van der Waals surface area contributed by atoms with Gasteiger partial charge in [0, 0.05) is 19.0 Å². The van der Waals surface area contributed by atoms with Crippen LogP contribution in [0.1, 0.15) is 26.6 Å². The lowest BCUT2D eigenvalue weighted by molar-refractivity contribution is -0.133. The summed E-state index contributed by atoms with van der Waals surface area (Å²) in [6, 6.07) is 18.5. The van der Waals surface area contributed by atoms with E-state index in [1.165, 1.54) is 4.90 Å². The average Bonchev–Trinajstić information content (AvgIpc) is 3.30. The van der Waals surface area contributed by atoms with Crippen molar-refractivity contribution in [3.8, 4) is 11.5 Å². The predicted octanol–water partition coefficient (Wildman–Crippen LogP) is 5.01. The highest BCUT2D eigenvalue weighted by Gasteiger charge is 2.14. The van der Waals surface area contributed by atoms with Crippen LogP contribution in [0.15, 0.2) is 66.0 Å². The van der Waals surface area contributed by atoms with Crippen molar-refractivity contribution >= 4 is 34.0 Å². The number of thiazole rings is 1. The molecule has 35 heavy (non-hydrogen) atoms. The number of rotatable bonds is 9. The van der Waals surface area contributed by atoms with Crippen molar-refractivity contribution in [2.45, 2.75) is 20.1 Å². The minimum absolute atomic E-state index is 0.285. The number of carbonyl (C=O) groups excluding carboxylic acids is 2. The van der Waals surface area contributed by atoms with Crippen LogP contribution in [0.2, 0.25) is 0 Å². The first-order valence-corrected chi connectivity index (χ1v) is 11.9. The quantitative estimate of drug-likeness (QED) is 0.307. The van der Waals surface area contributed by atoms with Gasteiger partial charge in [-0.2, -0.15) is 0 Å². The number of hydrogen-bond donors (Lipinski definition) is 0. The molecule has 0 spiro atoms. The van der Waals surface area contributed by atoms with Crippen molar-refractivity contribution < 1.29 is 23.8 Å². The SMILES string of the molecule is COc1ccc2cc(CN(C)C(=O)COC(=O)c3ccc(OCc4csc(C)n4)cc3)ccc2c1. The molecule has 1 amide bonds. The fraction of sp³-hybridized carbons (Fsp3) is 0.222. The molecule has 0 saturated carbocycles. The van der Waals surface area contributed by atoms with E-state index in [0.717, 1.165) is 32.8 Å². The molecule has 0 N–H and O–H groups in total. The maximum Gasteiger partial charge on any atom is 0.338 e. The van der Waals surface area contributed by atoms with Crippen molar-refractivity contribution in [2.75, 3.05) is 20.8 Å². The molecule has 4 rings (SSSR count). The Labute approximate surface area is 207 Å². The van der Waals surface area contributed by atoms with E-state index in [4.69, 9.17) is 14.2 Å². The van der Waals surface area contributed by atoms with Crippen LogP contribution >= 0.6 is 11.3 Å². The Kier molecular flexibility index (Phi) is 7.62.